The molecule has 0 radical (unpaired) electrons. The molecule has 1 unspecified atom stereocenters. The highest BCUT2D eigenvalue weighted by molar-refractivity contribution is 6.61. The van der Waals surface area contributed by atoms with Crippen LogP contribution in [0.4, 0.5) is 4.39 Å². The molecule has 1 heterocycles. The molecular formula is C11H12BFO6. The quantitative estimate of drug-likeness (QED) is 0.454. The Balaban J connectivity index is 2.25. The number of ether oxygens (including phenoxy) is 3. The number of esters is 1. The number of benzene rings is 1. The van der Waals surface area contributed by atoms with Crippen molar-refractivity contribution in [3.05, 3.63) is 23.5 Å². The Morgan fingerprint density at radius 1 is 1.53 bits per heavy atom. The number of rotatable bonds is 4. The van der Waals surface area contributed by atoms with Crippen molar-refractivity contribution in [2.45, 2.75) is 12.9 Å². The van der Waals surface area contributed by atoms with Gasteiger partial charge in [0.15, 0.2) is 11.6 Å². The summed E-state index contributed by atoms with van der Waals surface area (Å²) in [6.45, 7) is 0.123. The molecule has 1 aliphatic rings. The van der Waals surface area contributed by atoms with Gasteiger partial charge in [0.25, 0.3) is 6.29 Å². The molecule has 2 rings (SSSR count). The van der Waals surface area contributed by atoms with Crippen LogP contribution in [0.15, 0.2) is 12.1 Å². The van der Waals surface area contributed by atoms with Crippen molar-refractivity contribution in [2.24, 2.45) is 0 Å². The van der Waals surface area contributed by atoms with Crippen LogP contribution in [0, 0.1) is 5.82 Å². The van der Waals surface area contributed by atoms with Gasteiger partial charge < -0.3 is 23.9 Å². The minimum atomic E-state index is -1.38. The molecule has 1 atom stereocenters. The lowest BCUT2D eigenvalue weighted by molar-refractivity contribution is -0.170. The van der Waals surface area contributed by atoms with E-state index in [1.54, 1.807) is 0 Å². The molecule has 0 fully saturated rings. The second-order valence-corrected chi connectivity index (χ2v) is 3.85. The van der Waals surface area contributed by atoms with Crippen LogP contribution in [-0.4, -0.2) is 38.6 Å². The van der Waals surface area contributed by atoms with Crippen LogP contribution in [0.2, 0.25) is 0 Å². The molecule has 19 heavy (non-hydrogen) atoms. The van der Waals surface area contributed by atoms with E-state index < -0.39 is 25.2 Å². The molecule has 1 aromatic rings. The summed E-state index contributed by atoms with van der Waals surface area (Å²) in [4.78, 5) is 11.3. The van der Waals surface area contributed by atoms with Gasteiger partial charge in [0.2, 0.25) is 0 Å². The van der Waals surface area contributed by atoms with Gasteiger partial charge in [-0.25, -0.2) is 9.18 Å². The molecule has 102 valence electrons. The summed E-state index contributed by atoms with van der Waals surface area (Å²) < 4.78 is 33.0. The first kappa shape index (κ1) is 13.8. The minimum Gasteiger partial charge on any atom is -0.464 e. The highest BCUT2D eigenvalue weighted by atomic mass is 19.1. The van der Waals surface area contributed by atoms with Crippen molar-refractivity contribution in [3.8, 4) is 5.75 Å². The highest BCUT2D eigenvalue weighted by Crippen LogP contribution is 2.22. The smallest absolute Gasteiger partial charge is 0.464 e. The van der Waals surface area contributed by atoms with E-state index in [9.17, 15) is 14.2 Å². The standard InChI is InChI=1S/C11H12BFO6/c1-16-10(14)11(17-2)19-9-4-7-6(3-8(9)13)5-18-12(7)15/h3-4,11,15H,5H2,1-2H3. The number of carbonyl (C=O) groups is 1. The molecule has 0 saturated heterocycles. The largest absolute Gasteiger partial charge is 0.491 e. The first-order valence-corrected chi connectivity index (χ1v) is 5.46. The fraction of sp³-hybridized carbons (Fsp3) is 0.364. The molecule has 6 nitrogen and oxygen atoms in total. The Hall–Kier alpha value is -1.64. The summed E-state index contributed by atoms with van der Waals surface area (Å²) in [7, 11) is 1.26. The van der Waals surface area contributed by atoms with E-state index in [0.29, 0.717) is 11.0 Å². The number of carbonyl (C=O) groups excluding carboxylic acids is 1. The lowest BCUT2D eigenvalue weighted by Gasteiger charge is -2.16. The van der Waals surface area contributed by atoms with Crippen molar-refractivity contribution in [1.29, 1.82) is 0 Å². The van der Waals surface area contributed by atoms with Gasteiger partial charge in [-0.05, 0) is 23.2 Å². The Morgan fingerprint density at radius 2 is 2.26 bits per heavy atom. The molecule has 0 aliphatic carbocycles. The van der Waals surface area contributed by atoms with E-state index in [2.05, 4.69) is 4.74 Å². The second-order valence-electron chi connectivity index (χ2n) is 3.85. The number of hydrogen-bond acceptors (Lipinski definition) is 6. The van der Waals surface area contributed by atoms with E-state index in [0.717, 1.165) is 7.11 Å². The Morgan fingerprint density at radius 3 is 2.89 bits per heavy atom. The second kappa shape index (κ2) is 5.56. The van der Waals surface area contributed by atoms with Gasteiger partial charge >= 0.3 is 13.1 Å². The minimum absolute atomic E-state index is 0.123. The Bertz CT molecular complexity index is 494. The van der Waals surface area contributed by atoms with Crippen molar-refractivity contribution in [3.63, 3.8) is 0 Å². The van der Waals surface area contributed by atoms with Gasteiger partial charge in [-0.2, -0.15) is 0 Å². The molecule has 1 N–H and O–H groups in total. The van der Waals surface area contributed by atoms with E-state index in [4.69, 9.17) is 14.1 Å². The first-order chi connectivity index (χ1) is 9.06. The van der Waals surface area contributed by atoms with Crippen LogP contribution in [0.1, 0.15) is 5.56 Å². The van der Waals surface area contributed by atoms with Gasteiger partial charge in [-0.3, -0.25) is 0 Å². The third-order valence-electron chi connectivity index (χ3n) is 2.70. The van der Waals surface area contributed by atoms with E-state index in [1.807, 2.05) is 0 Å². The number of methoxy groups -OCH3 is 2. The summed E-state index contributed by atoms with van der Waals surface area (Å²) in [6.07, 6.45) is -1.38. The predicted octanol–water partition coefficient (Wildman–Crippen LogP) is -0.432. The molecule has 8 heteroatoms. The number of hydrogen-bond donors (Lipinski definition) is 1. The van der Waals surface area contributed by atoms with Crippen molar-refractivity contribution in [1.82, 2.24) is 0 Å². The highest BCUT2D eigenvalue weighted by Gasteiger charge is 2.30. The lowest BCUT2D eigenvalue weighted by Crippen LogP contribution is -2.32. The van der Waals surface area contributed by atoms with Gasteiger partial charge in [-0.15, -0.1) is 0 Å². The molecule has 1 aromatic carbocycles. The third kappa shape index (κ3) is 2.70. The lowest BCUT2D eigenvalue weighted by atomic mass is 9.79. The number of fused-ring (bicyclic) bond motifs is 1. The van der Waals surface area contributed by atoms with Gasteiger partial charge in [0, 0.05) is 7.11 Å². The SMILES string of the molecule is COC(=O)C(OC)Oc1cc2c(cc1F)COB2O. The molecule has 0 saturated carbocycles. The van der Waals surface area contributed by atoms with Crippen LogP contribution < -0.4 is 10.2 Å². The molecule has 0 aromatic heterocycles. The molecule has 0 bridgehead atoms. The van der Waals surface area contributed by atoms with Crippen molar-refractivity contribution >= 4 is 18.6 Å². The molecule has 1 aliphatic heterocycles. The average molecular weight is 270 g/mol. The van der Waals surface area contributed by atoms with E-state index >= 15 is 0 Å². The zero-order valence-electron chi connectivity index (χ0n) is 10.4. The maximum Gasteiger partial charge on any atom is 0.491 e. The predicted molar refractivity (Wildman–Crippen MR) is 62.2 cm³/mol. The Kier molecular flexibility index (Phi) is 4.03. The Labute approximate surface area is 109 Å². The zero-order chi connectivity index (χ0) is 14.0. The normalized spacial score (nSPS) is 15.1. The van der Waals surface area contributed by atoms with Gasteiger partial charge in [0.05, 0.1) is 13.7 Å². The molecular weight excluding hydrogens is 258 g/mol. The van der Waals surface area contributed by atoms with E-state index in [1.165, 1.54) is 19.2 Å². The van der Waals surface area contributed by atoms with Crippen LogP contribution in [0.5, 0.6) is 5.75 Å². The summed E-state index contributed by atoms with van der Waals surface area (Å²) in [5.74, 6) is -1.69. The third-order valence-corrected chi connectivity index (χ3v) is 2.70. The topological polar surface area (TPSA) is 74.2 Å². The zero-order valence-corrected chi connectivity index (χ0v) is 10.4. The number of halogens is 1. The maximum absolute atomic E-state index is 13.8. The molecule has 0 spiro atoms. The summed E-state index contributed by atoms with van der Waals surface area (Å²) in [6, 6.07) is 2.46. The van der Waals surface area contributed by atoms with Crippen molar-refractivity contribution in [2.75, 3.05) is 14.2 Å². The van der Waals surface area contributed by atoms with Crippen molar-refractivity contribution < 1.29 is 33.1 Å². The van der Waals surface area contributed by atoms with Gasteiger partial charge in [-0.1, -0.05) is 0 Å². The van der Waals surface area contributed by atoms with Crippen LogP contribution in [0.25, 0.3) is 0 Å². The van der Waals surface area contributed by atoms with Crippen LogP contribution in [-0.2, 0) is 25.5 Å². The van der Waals surface area contributed by atoms with Crippen LogP contribution >= 0.6 is 0 Å². The first-order valence-electron chi connectivity index (χ1n) is 5.46. The van der Waals surface area contributed by atoms with E-state index in [-0.39, 0.29) is 12.4 Å². The average Bonchev–Trinajstić information content (AvgIpc) is 2.76. The summed E-state index contributed by atoms with van der Waals surface area (Å²) in [5.41, 5.74) is 0.931. The molecule has 0 amide bonds. The van der Waals surface area contributed by atoms with Crippen LogP contribution in [0.3, 0.4) is 0 Å². The summed E-state index contributed by atoms with van der Waals surface area (Å²) in [5, 5.41) is 9.52. The fourth-order valence-corrected chi connectivity index (χ4v) is 1.72. The van der Waals surface area contributed by atoms with Gasteiger partial charge in [0.1, 0.15) is 0 Å². The maximum atomic E-state index is 13.8. The summed E-state index contributed by atoms with van der Waals surface area (Å²) >= 11 is 0. The fourth-order valence-electron chi connectivity index (χ4n) is 1.72. The monoisotopic (exact) mass is 270 g/mol.